The number of carbonyl (C=O) groups excluding carboxylic acids is 1. The van der Waals surface area contributed by atoms with Crippen molar-refractivity contribution < 1.29 is 9.53 Å². The molecule has 0 saturated carbocycles. The van der Waals surface area contributed by atoms with Gasteiger partial charge in [-0.2, -0.15) is 0 Å². The minimum Gasteiger partial charge on any atom is -0.497 e. The number of hydrogen-bond acceptors (Lipinski definition) is 4. The number of ether oxygens (including phenoxy) is 1. The number of Topliss-reactive ketones (excluding diaryl/α,β-unsaturated/α-hetero) is 1. The molecule has 2 heterocycles. The molecule has 5 heteroatoms. The largest absolute Gasteiger partial charge is 0.497 e. The highest BCUT2D eigenvalue weighted by atomic mass is 16.5. The number of nitrogens with zero attached hydrogens (tertiary/aromatic N) is 3. The lowest BCUT2D eigenvalue weighted by atomic mass is 10.1. The normalized spacial score (nSPS) is 18.4. The monoisotopic (exact) mass is 341 g/mol. The quantitative estimate of drug-likeness (QED) is 0.784. The topological polar surface area (TPSA) is 37.7 Å². The van der Waals surface area contributed by atoms with Crippen LogP contribution in [0.4, 0.5) is 5.69 Å². The van der Waals surface area contributed by atoms with E-state index >= 15 is 0 Å². The van der Waals surface area contributed by atoms with E-state index in [9.17, 15) is 4.79 Å². The SMILES string of the molecule is COc1ccc(N2CCN(Cc3cc(C(C)=O)cn3C)[C@H](C)C2)cc1. The predicted molar refractivity (Wildman–Crippen MR) is 100 cm³/mol. The summed E-state index contributed by atoms with van der Waals surface area (Å²) in [6.45, 7) is 7.77. The second-order valence-electron chi connectivity index (χ2n) is 6.85. The summed E-state index contributed by atoms with van der Waals surface area (Å²) in [7, 11) is 3.71. The Kier molecular flexibility index (Phi) is 5.13. The van der Waals surface area contributed by atoms with Gasteiger partial charge in [0.05, 0.1) is 7.11 Å². The van der Waals surface area contributed by atoms with Gasteiger partial charge in [0.25, 0.3) is 0 Å². The molecule has 1 aromatic heterocycles. The molecule has 0 radical (unpaired) electrons. The van der Waals surface area contributed by atoms with E-state index in [1.807, 2.05) is 31.4 Å². The molecule has 1 aliphatic rings. The maximum absolute atomic E-state index is 11.6. The van der Waals surface area contributed by atoms with Crippen molar-refractivity contribution in [1.29, 1.82) is 0 Å². The fourth-order valence-electron chi connectivity index (χ4n) is 3.43. The zero-order valence-corrected chi connectivity index (χ0v) is 15.5. The van der Waals surface area contributed by atoms with Gasteiger partial charge in [-0.3, -0.25) is 9.69 Å². The summed E-state index contributed by atoms with van der Waals surface area (Å²) in [5, 5.41) is 0. The second kappa shape index (κ2) is 7.31. The van der Waals surface area contributed by atoms with Crippen LogP contribution in [-0.4, -0.2) is 48.0 Å². The number of hydrogen-bond donors (Lipinski definition) is 0. The van der Waals surface area contributed by atoms with Crippen molar-refractivity contribution in [1.82, 2.24) is 9.47 Å². The van der Waals surface area contributed by atoms with Crippen LogP contribution in [0, 0.1) is 0 Å². The first kappa shape index (κ1) is 17.5. The molecule has 3 rings (SSSR count). The number of aryl methyl sites for hydroxylation is 1. The van der Waals surface area contributed by atoms with Crippen molar-refractivity contribution in [2.75, 3.05) is 31.6 Å². The number of carbonyl (C=O) groups is 1. The third-order valence-electron chi connectivity index (χ3n) is 5.08. The van der Waals surface area contributed by atoms with E-state index in [4.69, 9.17) is 4.74 Å². The number of anilines is 1. The summed E-state index contributed by atoms with van der Waals surface area (Å²) < 4.78 is 7.31. The zero-order valence-electron chi connectivity index (χ0n) is 15.5. The minimum absolute atomic E-state index is 0.124. The molecule has 1 aliphatic heterocycles. The summed E-state index contributed by atoms with van der Waals surface area (Å²) in [6, 6.07) is 10.7. The minimum atomic E-state index is 0.124. The number of benzene rings is 1. The number of ketones is 1. The molecule has 0 spiro atoms. The average Bonchev–Trinajstić information content (AvgIpc) is 2.98. The summed E-state index contributed by atoms with van der Waals surface area (Å²) >= 11 is 0. The zero-order chi connectivity index (χ0) is 18.0. The Balaban J connectivity index is 1.64. The lowest BCUT2D eigenvalue weighted by Gasteiger charge is -2.41. The standard InChI is InChI=1S/C20H27N3O2/c1-15-12-23(18-5-7-20(25-4)8-6-18)10-9-22(15)14-19-11-17(16(2)24)13-21(19)3/h5-8,11,13,15H,9-10,12,14H2,1-4H3/t15-/m1/s1. The smallest absolute Gasteiger partial charge is 0.161 e. The molecule has 5 nitrogen and oxygen atoms in total. The second-order valence-corrected chi connectivity index (χ2v) is 6.85. The van der Waals surface area contributed by atoms with Crippen molar-refractivity contribution in [2.45, 2.75) is 26.4 Å². The molecule has 0 aliphatic carbocycles. The van der Waals surface area contributed by atoms with Crippen LogP contribution in [0.15, 0.2) is 36.5 Å². The van der Waals surface area contributed by atoms with Crippen molar-refractivity contribution in [3.8, 4) is 5.75 Å². The van der Waals surface area contributed by atoms with Crippen LogP contribution in [0.2, 0.25) is 0 Å². The van der Waals surface area contributed by atoms with Crippen molar-refractivity contribution in [3.05, 3.63) is 47.8 Å². The third kappa shape index (κ3) is 3.87. The Morgan fingerprint density at radius 1 is 1.24 bits per heavy atom. The molecule has 1 saturated heterocycles. The van der Waals surface area contributed by atoms with Crippen molar-refractivity contribution in [3.63, 3.8) is 0 Å². The maximum Gasteiger partial charge on any atom is 0.161 e. The van der Waals surface area contributed by atoms with Gasteiger partial charge >= 0.3 is 0 Å². The molecule has 1 aromatic carbocycles. The summed E-state index contributed by atoms with van der Waals surface area (Å²) in [5.74, 6) is 1.01. The van der Waals surface area contributed by atoms with Crippen LogP contribution in [0.1, 0.15) is 29.9 Å². The fraction of sp³-hybridized carbons (Fsp3) is 0.450. The van der Waals surface area contributed by atoms with Crippen LogP contribution in [0.25, 0.3) is 0 Å². The van der Waals surface area contributed by atoms with Crippen LogP contribution < -0.4 is 9.64 Å². The van der Waals surface area contributed by atoms with E-state index in [0.29, 0.717) is 6.04 Å². The first-order valence-corrected chi connectivity index (χ1v) is 8.77. The summed E-state index contributed by atoms with van der Waals surface area (Å²) in [5.41, 5.74) is 3.22. The summed E-state index contributed by atoms with van der Waals surface area (Å²) in [4.78, 5) is 16.5. The highest BCUT2D eigenvalue weighted by Crippen LogP contribution is 2.23. The number of methoxy groups -OCH3 is 1. The van der Waals surface area contributed by atoms with E-state index in [1.54, 1.807) is 14.0 Å². The first-order chi connectivity index (χ1) is 12.0. The van der Waals surface area contributed by atoms with Crippen LogP contribution >= 0.6 is 0 Å². The van der Waals surface area contributed by atoms with E-state index in [-0.39, 0.29) is 5.78 Å². The molecule has 1 atom stereocenters. The fourth-order valence-corrected chi connectivity index (χ4v) is 3.43. The molecule has 0 amide bonds. The van der Waals surface area contributed by atoms with Crippen LogP contribution in [0.3, 0.4) is 0 Å². The number of aromatic nitrogens is 1. The van der Waals surface area contributed by atoms with Crippen LogP contribution in [-0.2, 0) is 13.6 Å². The average molecular weight is 341 g/mol. The number of piperazine rings is 1. The Labute approximate surface area is 149 Å². The first-order valence-electron chi connectivity index (χ1n) is 8.77. The van der Waals surface area contributed by atoms with Gasteiger partial charge in [-0.1, -0.05) is 0 Å². The highest BCUT2D eigenvalue weighted by molar-refractivity contribution is 5.94. The number of rotatable bonds is 5. The van der Waals surface area contributed by atoms with Gasteiger partial charge < -0.3 is 14.2 Å². The molecule has 0 unspecified atom stereocenters. The molecule has 0 bridgehead atoms. The molecular formula is C20H27N3O2. The van der Waals surface area contributed by atoms with Gasteiger partial charge in [0.15, 0.2) is 5.78 Å². The Bertz CT molecular complexity index is 736. The van der Waals surface area contributed by atoms with Gasteiger partial charge in [0, 0.05) is 62.4 Å². The Morgan fingerprint density at radius 3 is 2.52 bits per heavy atom. The third-order valence-corrected chi connectivity index (χ3v) is 5.08. The molecule has 0 N–H and O–H groups in total. The lowest BCUT2D eigenvalue weighted by molar-refractivity contribution is 0.101. The van der Waals surface area contributed by atoms with E-state index in [2.05, 4.69) is 33.4 Å². The maximum atomic E-state index is 11.6. The molecule has 134 valence electrons. The molecular weight excluding hydrogens is 314 g/mol. The lowest BCUT2D eigenvalue weighted by Crippen LogP contribution is -2.51. The van der Waals surface area contributed by atoms with Crippen molar-refractivity contribution >= 4 is 11.5 Å². The molecule has 1 fully saturated rings. The van der Waals surface area contributed by atoms with E-state index in [0.717, 1.165) is 37.5 Å². The summed E-state index contributed by atoms with van der Waals surface area (Å²) in [6.07, 6.45) is 1.93. The van der Waals surface area contributed by atoms with Gasteiger partial charge in [-0.05, 0) is 44.2 Å². The van der Waals surface area contributed by atoms with E-state index in [1.165, 1.54) is 11.4 Å². The highest BCUT2D eigenvalue weighted by Gasteiger charge is 2.24. The van der Waals surface area contributed by atoms with Crippen molar-refractivity contribution in [2.24, 2.45) is 7.05 Å². The molecule has 2 aromatic rings. The van der Waals surface area contributed by atoms with Gasteiger partial charge in [0.1, 0.15) is 5.75 Å². The predicted octanol–water partition coefficient (Wildman–Crippen LogP) is 2.95. The van der Waals surface area contributed by atoms with Gasteiger partial charge in [-0.25, -0.2) is 0 Å². The molecule has 25 heavy (non-hydrogen) atoms. The Morgan fingerprint density at radius 2 is 1.96 bits per heavy atom. The Hall–Kier alpha value is -2.27. The van der Waals surface area contributed by atoms with Gasteiger partial charge in [-0.15, -0.1) is 0 Å². The van der Waals surface area contributed by atoms with E-state index < -0.39 is 0 Å². The van der Waals surface area contributed by atoms with Gasteiger partial charge in [0.2, 0.25) is 0 Å². The van der Waals surface area contributed by atoms with Crippen LogP contribution in [0.5, 0.6) is 5.75 Å².